The molecule has 1 fully saturated rings. The first kappa shape index (κ1) is 23.8. The topological polar surface area (TPSA) is 49.9 Å². The lowest BCUT2D eigenvalue weighted by Crippen LogP contribution is -2.48. The van der Waals surface area contributed by atoms with Crippen LogP contribution >= 0.6 is 22.9 Å². The van der Waals surface area contributed by atoms with Gasteiger partial charge in [0.25, 0.3) is 5.91 Å². The fourth-order valence-corrected chi connectivity index (χ4v) is 5.50. The second kappa shape index (κ2) is 10.4. The number of carbonyl (C=O) groups excluding carboxylic acids is 2. The van der Waals surface area contributed by atoms with E-state index in [4.69, 9.17) is 16.3 Å². The van der Waals surface area contributed by atoms with Gasteiger partial charge in [-0.25, -0.2) is 4.39 Å². The highest BCUT2D eigenvalue weighted by atomic mass is 35.5. The SMILES string of the molecule is O=C(c1ccc(F)cc1)N(CC(=O)N1CCc2sccc2[C@H]1COc1ccc(Cl)cc1)CC1CC1. The van der Waals surface area contributed by atoms with Crippen LogP contribution in [0, 0.1) is 11.7 Å². The van der Waals surface area contributed by atoms with Crippen LogP contribution in [0.2, 0.25) is 5.02 Å². The predicted molar refractivity (Wildman–Crippen MR) is 134 cm³/mol. The fourth-order valence-electron chi connectivity index (χ4n) is 4.44. The minimum Gasteiger partial charge on any atom is -0.491 e. The van der Waals surface area contributed by atoms with Crippen LogP contribution in [-0.2, 0) is 11.2 Å². The van der Waals surface area contributed by atoms with Crippen LogP contribution in [0.1, 0.15) is 39.7 Å². The molecule has 3 aromatic rings. The summed E-state index contributed by atoms with van der Waals surface area (Å²) in [6.07, 6.45) is 2.90. The molecule has 1 aromatic heterocycles. The summed E-state index contributed by atoms with van der Waals surface area (Å²) in [7, 11) is 0. The molecule has 0 bridgehead atoms. The smallest absolute Gasteiger partial charge is 0.254 e. The molecule has 2 aromatic carbocycles. The van der Waals surface area contributed by atoms with E-state index in [0.29, 0.717) is 41.9 Å². The van der Waals surface area contributed by atoms with Crippen molar-refractivity contribution in [3.8, 4) is 5.75 Å². The van der Waals surface area contributed by atoms with Gasteiger partial charge in [0.1, 0.15) is 24.7 Å². The van der Waals surface area contributed by atoms with Crippen LogP contribution in [0.4, 0.5) is 4.39 Å². The number of amides is 2. The van der Waals surface area contributed by atoms with E-state index in [2.05, 4.69) is 6.07 Å². The van der Waals surface area contributed by atoms with Crippen molar-refractivity contribution in [3.63, 3.8) is 0 Å². The van der Waals surface area contributed by atoms with Crippen molar-refractivity contribution in [2.45, 2.75) is 25.3 Å². The number of hydrogen-bond acceptors (Lipinski definition) is 4. The highest BCUT2D eigenvalue weighted by Crippen LogP contribution is 2.35. The summed E-state index contributed by atoms with van der Waals surface area (Å²) < 4.78 is 19.4. The summed E-state index contributed by atoms with van der Waals surface area (Å²) in [6.45, 7) is 1.41. The molecule has 1 atom stereocenters. The van der Waals surface area contributed by atoms with Gasteiger partial charge in [0.15, 0.2) is 0 Å². The normalized spacial score (nSPS) is 17.1. The van der Waals surface area contributed by atoms with Crippen molar-refractivity contribution in [1.29, 1.82) is 0 Å². The molecule has 5 rings (SSSR count). The Morgan fingerprint density at radius 2 is 1.83 bits per heavy atom. The van der Waals surface area contributed by atoms with E-state index < -0.39 is 5.82 Å². The number of halogens is 2. The van der Waals surface area contributed by atoms with Gasteiger partial charge in [-0.3, -0.25) is 9.59 Å². The summed E-state index contributed by atoms with van der Waals surface area (Å²) in [6, 6.07) is 14.5. The number of nitrogens with zero attached hydrogens (tertiary/aromatic N) is 2. The van der Waals surface area contributed by atoms with Gasteiger partial charge in [-0.05, 0) is 90.7 Å². The maximum Gasteiger partial charge on any atom is 0.254 e. The lowest BCUT2D eigenvalue weighted by atomic mass is 10.0. The molecule has 0 unspecified atom stereocenters. The first-order valence-electron chi connectivity index (χ1n) is 11.8. The van der Waals surface area contributed by atoms with Crippen LogP contribution in [0.3, 0.4) is 0 Å². The molecule has 8 heteroatoms. The number of thiophene rings is 1. The Labute approximate surface area is 213 Å². The third-order valence-electron chi connectivity index (χ3n) is 6.52. The Bertz CT molecular complexity index is 1190. The molecular formula is C27H26ClFN2O3S. The predicted octanol–water partition coefficient (Wildman–Crippen LogP) is 5.60. The first-order valence-corrected chi connectivity index (χ1v) is 13.0. The van der Waals surface area contributed by atoms with Crippen LogP contribution in [0.15, 0.2) is 60.0 Å². The minimum atomic E-state index is -0.394. The molecule has 0 spiro atoms. The number of ether oxygens (including phenoxy) is 1. The van der Waals surface area contributed by atoms with Gasteiger partial charge in [0, 0.05) is 28.6 Å². The molecule has 1 aliphatic carbocycles. The Hall–Kier alpha value is -2.90. The minimum absolute atomic E-state index is 0.0103. The Morgan fingerprint density at radius 3 is 2.54 bits per heavy atom. The maximum absolute atomic E-state index is 13.6. The van der Waals surface area contributed by atoms with E-state index in [9.17, 15) is 14.0 Å². The molecule has 5 nitrogen and oxygen atoms in total. The molecule has 2 amide bonds. The van der Waals surface area contributed by atoms with Gasteiger partial charge in [-0.1, -0.05) is 11.6 Å². The fraction of sp³-hybridized carbons (Fsp3) is 0.333. The van der Waals surface area contributed by atoms with Gasteiger partial charge in [0.2, 0.25) is 5.91 Å². The molecule has 182 valence electrons. The second-order valence-electron chi connectivity index (χ2n) is 9.05. The van der Waals surface area contributed by atoms with E-state index in [1.807, 2.05) is 22.4 Å². The summed E-state index contributed by atoms with van der Waals surface area (Å²) in [5, 5.41) is 2.68. The molecule has 1 aliphatic heterocycles. The molecule has 1 saturated carbocycles. The molecule has 35 heavy (non-hydrogen) atoms. The van der Waals surface area contributed by atoms with Gasteiger partial charge in [-0.15, -0.1) is 11.3 Å². The van der Waals surface area contributed by atoms with Gasteiger partial charge in [-0.2, -0.15) is 0 Å². The molecular weight excluding hydrogens is 487 g/mol. The van der Waals surface area contributed by atoms with Crippen molar-refractivity contribution in [2.75, 3.05) is 26.2 Å². The van der Waals surface area contributed by atoms with E-state index >= 15 is 0 Å². The summed E-state index contributed by atoms with van der Waals surface area (Å²) in [5.74, 6) is 0.358. The highest BCUT2D eigenvalue weighted by molar-refractivity contribution is 7.10. The van der Waals surface area contributed by atoms with Gasteiger partial charge >= 0.3 is 0 Å². The Kier molecular flexibility index (Phi) is 7.07. The third kappa shape index (κ3) is 5.68. The van der Waals surface area contributed by atoms with Crippen molar-refractivity contribution < 1.29 is 18.7 Å². The van der Waals surface area contributed by atoms with Crippen molar-refractivity contribution in [2.24, 2.45) is 5.92 Å². The molecule has 2 aliphatic rings. The molecule has 0 radical (unpaired) electrons. The number of carbonyl (C=O) groups is 2. The summed E-state index contributed by atoms with van der Waals surface area (Å²) in [4.78, 5) is 31.5. The van der Waals surface area contributed by atoms with Gasteiger partial charge in [0.05, 0.1) is 6.04 Å². The van der Waals surface area contributed by atoms with Gasteiger partial charge < -0.3 is 14.5 Å². The third-order valence-corrected chi connectivity index (χ3v) is 7.77. The number of benzene rings is 2. The maximum atomic E-state index is 13.6. The molecule has 0 saturated heterocycles. The average molecular weight is 513 g/mol. The number of hydrogen-bond donors (Lipinski definition) is 0. The van der Waals surface area contributed by atoms with E-state index in [-0.39, 0.29) is 24.4 Å². The molecule has 0 N–H and O–H groups in total. The van der Waals surface area contributed by atoms with E-state index in [1.165, 1.54) is 29.1 Å². The first-order chi connectivity index (χ1) is 17.0. The average Bonchev–Trinajstić information content (AvgIpc) is 3.55. The Morgan fingerprint density at radius 1 is 1.09 bits per heavy atom. The summed E-state index contributed by atoms with van der Waals surface area (Å²) >= 11 is 7.68. The van der Waals surface area contributed by atoms with E-state index in [0.717, 1.165) is 24.8 Å². The quantitative estimate of drug-likeness (QED) is 0.395. The largest absolute Gasteiger partial charge is 0.491 e. The zero-order chi connectivity index (χ0) is 24.4. The number of fused-ring (bicyclic) bond motifs is 1. The zero-order valence-electron chi connectivity index (χ0n) is 19.2. The Balaban J connectivity index is 1.33. The van der Waals surface area contributed by atoms with Crippen LogP contribution in [0.25, 0.3) is 0 Å². The van der Waals surface area contributed by atoms with Crippen LogP contribution < -0.4 is 4.74 Å². The lowest BCUT2D eigenvalue weighted by molar-refractivity contribution is -0.135. The van der Waals surface area contributed by atoms with Crippen LogP contribution in [-0.4, -0.2) is 47.9 Å². The molecule has 2 heterocycles. The van der Waals surface area contributed by atoms with Crippen LogP contribution in [0.5, 0.6) is 5.75 Å². The zero-order valence-corrected chi connectivity index (χ0v) is 20.7. The monoisotopic (exact) mass is 512 g/mol. The second-order valence-corrected chi connectivity index (χ2v) is 10.5. The van der Waals surface area contributed by atoms with Crippen molar-refractivity contribution >= 4 is 34.8 Å². The number of rotatable bonds is 8. The lowest BCUT2D eigenvalue weighted by Gasteiger charge is -2.37. The summed E-state index contributed by atoms with van der Waals surface area (Å²) in [5.41, 5.74) is 1.49. The highest BCUT2D eigenvalue weighted by Gasteiger charge is 2.35. The van der Waals surface area contributed by atoms with Crippen molar-refractivity contribution in [1.82, 2.24) is 9.80 Å². The van der Waals surface area contributed by atoms with E-state index in [1.54, 1.807) is 28.4 Å². The van der Waals surface area contributed by atoms with Crippen molar-refractivity contribution in [3.05, 3.63) is 86.8 Å². The standard InChI is InChI=1S/C27H26ClFN2O3S/c28-20-5-9-22(10-6-20)34-17-24-23-12-14-35-25(23)11-13-31(24)26(32)16-30(15-18-1-2-18)27(33)19-3-7-21(29)8-4-19/h3-10,12,14,18,24H,1-2,11,13,15-17H2/t24-/m1/s1.